The molecule has 2 atom stereocenters. The van der Waals surface area contributed by atoms with Crippen LogP contribution in [0.5, 0.6) is 0 Å². The number of cyclic esters (lactones) is 1. The highest BCUT2D eigenvalue weighted by Crippen LogP contribution is 2.36. The van der Waals surface area contributed by atoms with Crippen LogP contribution in [0.2, 0.25) is 0 Å². The average molecular weight is 334 g/mol. The molecular weight excluding hydrogens is 312 g/mol. The van der Waals surface area contributed by atoms with E-state index in [1.54, 1.807) is 13.8 Å². The molecule has 1 aliphatic heterocycles. The lowest BCUT2D eigenvalue weighted by atomic mass is 9.80. The van der Waals surface area contributed by atoms with Crippen LogP contribution in [0.3, 0.4) is 0 Å². The van der Waals surface area contributed by atoms with E-state index in [2.05, 4.69) is 0 Å². The molecule has 0 amide bonds. The summed E-state index contributed by atoms with van der Waals surface area (Å²) >= 11 is 0. The highest BCUT2D eigenvalue weighted by atomic mass is 16.7. The highest BCUT2D eigenvalue weighted by molar-refractivity contribution is 5.83. The van der Waals surface area contributed by atoms with E-state index in [-0.39, 0.29) is 5.76 Å². The Morgan fingerprint density at radius 1 is 1.25 bits per heavy atom. The fourth-order valence-corrected chi connectivity index (χ4v) is 2.80. The van der Waals surface area contributed by atoms with Gasteiger partial charge in [-0.25, -0.2) is 4.79 Å². The molecule has 130 valence electrons. The van der Waals surface area contributed by atoms with E-state index in [1.807, 2.05) is 30.3 Å². The summed E-state index contributed by atoms with van der Waals surface area (Å²) in [5, 5.41) is 19.9. The van der Waals surface area contributed by atoms with Gasteiger partial charge in [0.25, 0.3) is 0 Å². The summed E-state index contributed by atoms with van der Waals surface area (Å²) in [6, 6.07) is 9.32. The first kappa shape index (κ1) is 18.0. The van der Waals surface area contributed by atoms with Crippen molar-refractivity contribution in [3.63, 3.8) is 0 Å². The number of carbonyl (C=O) groups excluding carboxylic acids is 1. The van der Waals surface area contributed by atoms with E-state index in [9.17, 15) is 14.7 Å². The standard InChI is InChI=1S/C18H22O6/c1-17(2)23-14(10-16(21)24-17)13(18(3,22)11-15(19)20)9-12-7-5-4-6-8-12/h4-8,10,13,22H,9,11H2,1-3H3,(H,19,20). The van der Waals surface area contributed by atoms with Gasteiger partial charge in [0.15, 0.2) is 0 Å². The van der Waals surface area contributed by atoms with E-state index in [0.29, 0.717) is 6.42 Å². The molecule has 0 radical (unpaired) electrons. The number of carbonyl (C=O) groups is 2. The number of hydrogen-bond donors (Lipinski definition) is 2. The van der Waals surface area contributed by atoms with Crippen LogP contribution in [0.1, 0.15) is 32.8 Å². The third-order valence-corrected chi connectivity index (χ3v) is 3.86. The van der Waals surface area contributed by atoms with Gasteiger partial charge in [0.1, 0.15) is 5.76 Å². The second-order valence-electron chi connectivity index (χ2n) is 6.64. The number of esters is 1. The minimum atomic E-state index is -1.60. The molecule has 0 saturated carbocycles. The average Bonchev–Trinajstić information content (AvgIpc) is 2.42. The van der Waals surface area contributed by atoms with Gasteiger partial charge in [0.2, 0.25) is 5.79 Å². The summed E-state index contributed by atoms with van der Waals surface area (Å²) in [5.74, 6) is -3.36. The Hall–Kier alpha value is -2.34. The number of hydrogen-bond acceptors (Lipinski definition) is 5. The lowest BCUT2D eigenvalue weighted by Crippen LogP contribution is -2.44. The Kier molecular flexibility index (Phi) is 4.99. The van der Waals surface area contributed by atoms with Gasteiger partial charge in [-0.05, 0) is 18.9 Å². The van der Waals surface area contributed by atoms with Crippen molar-refractivity contribution in [3.05, 3.63) is 47.7 Å². The smallest absolute Gasteiger partial charge is 0.337 e. The summed E-state index contributed by atoms with van der Waals surface area (Å²) < 4.78 is 10.8. The molecule has 1 aromatic carbocycles. The molecule has 1 aromatic rings. The number of ether oxygens (including phenoxy) is 2. The molecule has 0 spiro atoms. The van der Waals surface area contributed by atoms with Crippen LogP contribution in [0.4, 0.5) is 0 Å². The Bertz CT molecular complexity index is 645. The third kappa shape index (κ3) is 4.58. The quantitative estimate of drug-likeness (QED) is 0.775. The Morgan fingerprint density at radius 3 is 2.42 bits per heavy atom. The molecule has 2 N–H and O–H groups in total. The van der Waals surface area contributed by atoms with Crippen LogP contribution in [0.15, 0.2) is 42.2 Å². The van der Waals surface area contributed by atoms with Gasteiger partial charge in [-0.2, -0.15) is 0 Å². The monoisotopic (exact) mass is 334 g/mol. The van der Waals surface area contributed by atoms with Crippen LogP contribution in [-0.4, -0.2) is 33.5 Å². The summed E-state index contributed by atoms with van der Waals surface area (Å²) in [5.41, 5.74) is -0.698. The van der Waals surface area contributed by atoms with Crippen molar-refractivity contribution in [2.75, 3.05) is 0 Å². The Labute approximate surface area is 140 Å². The molecule has 6 nitrogen and oxygen atoms in total. The molecule has 1 heterocycles. The fourth-order valence-electron chi connectivity index (χ4n) is 2.80. The number of aliphatic carboxylic acids is 1. The molecule has 0 saturated heterocycles. The molecule has 1 aliphatic rings. The van der Waals surface area contributed by atoms with E-state index in [4.69, 9.17) is 14.6 Å². The summed E-state index contributed by atoms with van der Waals surface area (Å²) in [6.07, 6.45) is 1.03. The minimum absolute atomic E-state index is 0.228. The summed E-state index contributed by atoms with van der Waals surface area (Å²) in [4.78, 5) is 23.0. The molecule has 6 heteroatoms. The number of aliphatic hydroxyl groups is 1. The lowest BCUT2D eigenvalue weighted by molar-refractivity contribution is -0.212. The van der Waals surface area contributed by atoms with Gasteiger partial charge in [-0.1, -0.05) is 30.3 Å². The van der Waals surface area contributed by atoms with Gasteiger partial charge < -0.3 is 19.7 Å². The van der Waals surface area contributed by atoms with Crippen LogP contribution < -0.4 is 0 Å². The highest BCUT2D eigenvalue weighted by Gasteiger charge is 2.42. The zero-order chi connectivity index (χ0) is 18.0. The molecule has 0 aliphatic carbocycles. The normalized spacial score (nSPS) is 20.2. The molecule has 2 rings (SSSR count). The van der Waals surface area contributed by atoms with E-state index < -0.39 is 35.7 Å². The van der Waals surface area contributed by atoms with E-state index in [0.717, 1.165) is 5.56 Å². The Morgan fingerprint density at radius 2 is 1.88 bits per heavy atom. The third-order valence-electron chi connectivity index (χ3n) is 3.86. The minimum Gasteiger partial charge on any atom is -0.481 e. The molecule has 0 aromatic heterocycles. The predicted molar refractivity (Wildman–Crippen MR) is 85.9 cm³/mol. The van der Waals surface area contributed by atoms with Gasteiger partial charge in [0, 0.05) is 13.8 Å². The zero-order valence-corrected chi connectivity index (χ0v) is 14.0. The van der Waals surface area contributed by atoms with Gasteiger partial charge in [-0.3, -0.25) is 4.79 Å². The molecule has 0 bridgehead atoms. The predicted octanol–water partition coefficient (Wildman–Crippen LogP) is 2.26. The second kappa shape index (κ2) is 6.65. The van der Waals surface area contributed by atoms with Crippen LogP contribution in [-0.2, 0) is 25.5 Å². The van der Waals surface area contributed by atoms with Crippen LogP contribution in [0, 0.1) is 5.92 Å². The first-order valence-corrected chi connectivity index (χ1v) is 7.71. The van der Waals surface area contributed by atoms with Gasteiger partial charge in [0.05, 0.1) is 24.0 Å². The van der Waals surface area contributed by atoms with Crippen molar-refractivity contribution in [3.8, 4) is 0 Å². The van der Waals surface area contributed by atoms with Crippen molar-refractivity contribution < 1.29 is 29.3 Å². The Balaban J connectivity index is 2.39. The largest absolute Gasteiger partial charge is 0.481 e. The zero-order valence-electron chi connectivity index (χ0n) is 14.0. The van der Waals surface area contributed by atoms with Crippen molar-refractivity contribution in [2.24, 2.45) is 5.92 Å². The fraction of sp³-hybridized carbons (Fsp3) is 0.444. The second-order valence-corrected chi connectivity index (χ2v) is 6.64. The van der Waals surface area contributed by atoms with Gasteiger partial charge >= 0.3 is 11.9 Å². The SMILES string of the molecule is CC1(C)OC(=O)C=C(C(Cc2ccccc2)C(C)(O)CC(=O)O)O1. The summed E-state index contributed by atoms with van der Waals surface area (Å²) in [6.45, 7) is 4.61. The molecule has 2 unspecified atom stereocenters. The van der Waals surface area contributed by atoms with Crippen molar-refractivity contribution in [1.29, 1.82) is 0 Å². The maximum absolute atomic E-state index is 11.8. The van der Waals surface area contributed by atoms with Crippen LogP contribution in [0.25, 0.3) is 0 Å². The maximum Gasteiger partial charge on any atom is 0.337 e. The first-order chi connectivity index (χ1) is 11.1. The van der Waals surface area contributed by atoms with Crippen molar-refractivity contribution in [1.82, 2.24) is 0 Å². The number of benzene rings is 1. The lowest BCUT2D eigenvalue weighted by Gasteiger charge is -2.38. The van der Waals surface area contributed by atoms with Crippen molar-refractivity contribution >= 4 is 11.9 Å². The van der Waals surface area contributed by atoms with Gasteiger partial charge in [-0.15, -0.1) is 0 Å². The first-order valence-electron chi connectivity index (χ1n) is 7.71. The molecule has 0 fully saturated rings. The molecule has 24 heavy (non-hydrogen) atoms. The molecular formula is C18H22O6. The summed E-state index contributed by atoms with van der Waals surface area (Å²) in [7, 11) is 0. The van der Waals surface area contributed by atoms with Crippen molar-refractivity contribution in [2.45, 2.75) is 45.0 Å². The number of carboxylic acids is 1. The number of carboxylic acid groups (broad SMARTS) is 1. The van der Waals surface area contributed by atoms with E-state index in [1.165, 1.54) is 13.0 Å². The number of rotatable bonds is 6. The topological polar surface area (TPSA) is 93.1 Å². The van der Waals surface area contributed by atoms with E-state index >= 15 is 0 Å². The van der Waals surface area contributed by atoms with Crippen LogP contribution >= 0.6 is 0 Å². The maximum atomic E-state index is 11.8.